The molecule has 0 spiro atoms. The molecular formula is C11H21N3O2. The highest BCUT2D eigenvalue weighted by Gasteiger charge is 2.31. The molecule has 0 aromatic rings. The van der Waals surface area contributed by atoms with Crippen LogP contribution in [0, 0.1) is 5.92 Å². The van der Waals surface area contributed by atoms with Gasteiger partial charge in [0.2, 0.25) is 0 Å². The van der Waals surface area contributed by atoms with E-state index in [9.17, 15) is 9.59 Å². The SMILES string of the molecule is CCN1CCN(CC(C)CNC)C(=O)C1=O. The van der Waals surface area contributed by atoms with E-state index >= 15 is 0 Å². The molecule has 1 atom stereocenters. The van der Waals surface area contributed by atoms with Gasteiger partial charge in [-0.25, -0.2) is 0 Å². The maximum atomic E-state index is 11.7. The maximum Gasteiger partial charge on any atom is 0.312 e. The molecule has 1 N–H and O–H groups in total. The van der Waals surface area contributed by atoms with Crippen LogP contribution in [0.4, 0.5) is 0 Å². The third-order valence-corrected chi connectivity index (χ3v) is 2.86. The number of hydrogen-bond donors (Lipinski definition) is 1. The van der Waals surface area contributed by atoms with Crippen molar-refractivity contribution in [3.8, 4) is 0 Å². The van der Waals surface area contributed by atoms with Crippen molar-refractivity contribution in [1.29, 1.82) is 0 Å². The Balaban J connectivity index is 2.51. The van der Waals surface area contributed by atoms with Gasteiger partial charge in [0.25, 0.3) is 0 Å². The zero-order valence-corrected chi connectivity index (χ0v) is 10.3. The fourth-order valence-corrected chi connectivity index (χ4v) is 1.98. The van der Waals surface area contributed by atoms with Crippen molar-refractivity contribution >= 4 is 11.8 Å². The third-order valence-electron chi connectivity index (χ3n) is 2.86. The highest BCUT2D eigenvalue weighted by molar-refractivity contribution is 6.35. The predicted octanol–water partition coefficient (Wildman–Crippen LogP) is -0.467. The van der Waals surface area contributed by atoms with Crippen molar-refractivity contribution in [3.63, 3.8) is 0 Å². The van der Waals surface area contributed by atoms with Crippen molar-refractivity contribution in [1.82, 2.24) is 15.1 Å². The first-order valence-corrected chi connectivity index (χ1v) is 5.82. The molecule has 0 aromatic carbocycles. The average Bonchev–Trinajstić information content (AvgIpc) is 2.25. The Morgan fingerprint density at radius 2 is 1.81 bits per heavy atom. The first-order chi connectivity index (χ1) is 7.60. The number of likely N-dealkylation sites (N-methyl/N-ethyl adjacent to an activating group) is 1. The van der Waals surface area contributed by atoms with E-state index in [-0.39, 0.29) is 11.8 Å². The Kier molecular flexibility index (Phi) is 4.73. The van der Waals surface area contributed by atoms with Gasteiger partial charge in [-0.1, -0.05) is 6.92 Å². The lowest BCUT2D eigenvalue weighted by molar-refractivity contribution is -0.156. The van der Waals surface area contributed by atoms with Gasteiger partial charge in [-0.3, -0.25) is 9.59 Å². The summed E-state index contributed by atoms with van der Waals surface area (Å²) in [6.45, 7) is 7.41. The van der Waals surface area contributed by atoms with Crippen LogP contribution < -0.4 is 5.32 Å². The van der Waals surface area contributed by atoms with Crippen LogP contribution in [0.5, 0.6) is 0 Å². The lowest BCUT2D eigenvalue weighted by atomic mass is 10.1. The van der Waals surface area contributed by atoms with Gasteiger partial charge < -0.3 is 15.1 Å². The summed E-state index contributed by atoms with van der Waals surface area (Å²) in [7, 11) is 1.89. The zero-order chi connectivity index (χ0) is 12.1. The van der Waals surface area contributed by atoms with Gasteiger partial charge in [0.05, 0.1) is 0 Å². The van der Waals surface area contributed by atoms with E-state index in [0.29, 0.717) is 32.1 Å². The first kappa shape index (κ1) is 13.0. The van der Waals surface area contributed by atoms with E-state index in [1.54, 1.807) is 9.80 Å². The van der Waals surface area contributed by atoms with Crippen molar-refractivity contribution in [3.05, 3.63) is 0 Å². The molecule has 5 heteroatoms. The summed E-state index contributed by atoms with van der Waals surface area (Å²) in [6.07, 6.45) is 0. The van der Waals surface area contributed by atoms with Crippen LogP contribution in [0.2, 0.25) is 0 Å². The van der Waals surface area contributed by atoms with Crippen LogP contribution in [0.15, 0.2) is 0 Å². The Labute approximate surface area is 96.8 Å². The number of rotatable bonds is 5. The molecule has 1 fully saturated rings. The molecule has 5 nitrogen and oxygen atoms in total. The molecule has 1 unspecified atom stereocenters. The van der Waals surface area contributed by atoms with Crippen LogP contribution in [0.3, 0.4) is 0 Å². The zero-order valence-electron chi connectivity index (χ0n) is 10.3. The fraction of sp³-hybridized carbons (Fsp3) is 0.818. The lowest BCUT2D eigenvalue weighted by Gasteiger charge is -2.34. The molecule has 0 radical (unpaired) electrons. The van der Waals surface area contributed by atoms with Gasteiger partial charge in [-0.05, 0) is 26.4 Å². The molecule has 1 heterocycles. The van der Waals surface area contributed by atoms with Gasteiger partial charge in [0.15, 0.2) is 0 Å². The number of amides is 2. The first-order valence-electron chi connectivity index (χ1n) is 5.82. The largest absolute Gasteiger partial charge is 0.333 e. The highest BCUT2D eigenvalue weighted by Crippen LogP contribution is 2.07. The summed E-state index contributed by atoms with van der Waals surface area (Å²) in [5, 5.41) is 3.07. The van der Waals surface area contributed by atoms with Crippen molar-refractivity contribution in [2.75, 3.05) is 39.8 Å². The molecule has 1 aliphatic rings. The molecule has 92 valence electrons. The van der Waals surface area contributed by atoms with Crippen molar-refractivity contribution < 1.29 is 9.59 Å². The minimum Gasteiger partial charge on any atom is -0.333 e. The minimum atomic E-state index is -0.356. The number of nitrogens with one attached hydrogen (secondary N) is 1. The smallest absolute Gasteiger partial charge is 0.312 e. The maximum absolute atomic E-state index is 11.7. The topological polar surface area (TPSA) is 52.6 Å². The van der Waals surface area contributed by atoms with E-state index < -0.39 is 0 Å². The van der Waals surface area contributed by atoms with E-state index in [2.05, 4.69) is 12.2 Å². The summed E-state index contributed by atoms with van der Waals surface area (Å²) >= 11 is 0. The van der Waals surface area contributed by atoms with Gasteiger partial charge in [-0.15, -0.1) is 0 Å². The van der Waals surface area contributed by atoms with E-state index in [0.717, 1.165) is 6.54 Å². The standard InChI is InChI=1S/C11H21N3O2/c1-4-13-5-6-14(11(16)10(13)15)8-9(2)7-12-3/h9,12H,4-8H2,1-3H3. The summed E-state index contributed by atoms with van der Waals surface area (Å²) in [4.78, 5) is 26.6. The van der Waals surface area contributed by atoms with E-state index in [4.69, 9.17) is 0 Å². The molecule has 1 aliphatic heterocycles. The Morgan fingerprint density at radius 3 is 2.38 bits per heavy atom. The molecule has 2 amide bonds. The molecule has 0 bridgehead atoms. The lowest BCUT2D eigenvalue weighted by Crippen LogP contribution is -2.55. The van der Waals surface area contributed by atoms with E-state index in [1.165, 1.54) is 0 Å². The minimum absolute atomic E-state index is 0.351. The molecule has 0 saturated carbocycles. The Morgan fingerprint density at radius 1 is 1.25 bits per heavy atom. The second-order valence-electron chi connectivity index (χ2n) is 4.30. The molecule has 0 aromatic heterocycles. The summed E-state index contributed by atoms with van der Waals surface area (Å²) in [6, 6.07) is 0. The van der Waals surface area contributed by atoms with Gasteiger partial charge in [-0.2, -0.15) is 0 Å². The number of piperazine rings is 1. The second-order valence-corrected chi connectivity index (χ2v) is 4.30. The third kappa shape index (κ3) is 2.95. The Bertz CT molecular complexity index is 268. The van der Waals surface area contributed by atoms with Crippen LogP contribution in [0.25, 0.3) is 0 Å². The molecule has 1 rings (SSSR count). The average molecular weight is 227 g/mol. The predicted molar refractivity (Wildman–Crippen MR) is 61.9 cm³/mol. The van der Waals surface area contributed by atoms with Gasteiger partial charge in [0, 0.05) is 26.2 Å². The summed E-state index contributed by atoms with van der Waals surface area (Å²) in [5.74, 6) is -0.337. The van der Waals surface area contributed by atoms with Crippen LogP contribution in [0.1, 0.15) is 13.8 Å². The Hall–Kier alpha value is -1.10. The highest BCUT2D eigenvalue weighted by atomic mass is 16.2. The fourth-order valence-electron chi connectivity index (χ4n) is 1.98. The van der Waals surface area contributed by atoms with Gasteiger partial charge >= 0.3 is 11.8 Å². The normalized spacial score (nSPS) is 19.2. The summed E-state index contributed by atoms with van der Waals surface area (Å²) in [5.41, 5.74) is 0. The summed E-state index contributed by atoms with van der Waals surface area (Å²) < 4.78 is 0. The molecule has 16 heavy (non-hydrogen) atoms. The van der Waals surface area contributed by atoms with Crippen LogP contribution >= 0.6 is 0 Å². The van der Waals surface area contributed by atoms with Gasteiger partial charge in [0.1, 0.15) is 0 Å². The molecule has 1 saturated heterocycles. The molecular weight excluding hydrogens is 206 g/mol. The van der Waals surface area contributed by atoms with Crippen LogP contribution in [-0.4, -0.2) is 61.4 Å². The quantitative estimate of drug-likeness (QED) is 0.646. The number of carbonyl (C=O) groups is 2. The van der Waals surface area contributed by atoms with E-state index in [1.807, 2.05) is 14.0 Å². The number of carbonyl (C=O) groups excluding carboxylic acids is 2. The van der Waals surface area contributed by atoms with Crippen LogP contribution in [-0.2, 0) is 9.59 Å². The number of hydrogen-bond acceptors (Lipinski definition) is 3. The molecule has 0 aliphatic carbocycles. The monoisotopic (exact) mass is 227 g/mol. The number of nitrogens with zero attached hydrogens (tertiary/aromatic N) is 2. The van der Waals surface area contributed by atoms with Crippen molar-refractivity contribution in [2.24, 2.45) is 5.92 Å². The van der Waals surface area contributed by atoms with Crippen molar-refractivity contribution in [2.45, 2.75) is 13.8 Å². The second kappa shape index (κ2) is 5.84.